The predicted molar refractivity (Wildman–Crippen MR) is 72.3 cm³/mol. The average Bonchev–Trinajstić information content (AvgIpc) is 2.77. The highest BCUT2D eigenvalue weighted by Crippen LogP contribution is 2.25. The standard InChI is InChI=1S/C12H14ClNO5S/c1-8-6-9(13)2-3-10(8)20(17,18)14-12(11(15)16)4-5-19-7-12/h2-3,6,14H,4-5,7H2,1H3,(H,15,16)/t12-/m0/s1. The number of aryl methyl sites for hydroxylation is 1. The minimum Gasteiger partial charge on any atom is -0.480 e. The molecule has 0 aromatic heterocycles. The lowest BCUT2D eigenvalue weighted by atomic mass is 10.0. The van der Waals surface area contributed by atoms with Gasteiger partial charge >= 0.3 is 5.97 Å². The van der Waals surface area contributed by atoms with Crippen molar-refractivity contribution in [2.75, 3.05) is 13.2 Å². The summed E-state index contributed by atoms with van der Waals surface area (Å²) in [4.78, 5) is 11.4. The van der Waals surface area contributed by atoms with E-state index in [1.165, 1.54) is 18.2 Å². The van der Waals surface area contributed by atoms with Crippen LogP contribution in [0.25, 0.3) is 0 Å². The number of carboxylic acid groups (broad SMARTS) is 1. The number of rotatable bonds is 4. The van der Waals surface area contributed by atoms with Crippen molar-refractivity contribution in [3.63, 3.8) is 0 Å². The van der Waals surface area contributed by atoms with Crippen LogP contribution in [0.1, 0.15) is 12.0 Å². The lowest BCUT2D eigenvalue weighted by molar-refractivity contribution is -0.144. The first-order chi connectivity index (χ1) is 9.27. The van der Waals surface area contributed by atoms with Crippen LogP contribution in [0.3, 0.4) is 0 Å². The Bertz CT molecular complexity index is 637. The van der Waals surface area contributed by atoms with E-state index in [0.717, 1.165) is 0 Å². The van der Waals surface area contributed by atoms with Crippen LogP contribution in [0.4, 0.5) is 0 Å². The highest BCUT2D eigenvalue weighted by molar-refractivity contribution is 7.89. The molecule has 1 saturated heterocycles. The molecule has 0 amide bonds. The van der Waals surface area contributed by atoms with Crippen molar-refractivity contribution in [1.82, 2.24) is 4.72 Å². The van der Waals surface area contributed by atoms with Gasteiger partial charge in [0.05, 0.1) is 11.5 Å². The molecule has 1 atom stereocenters. The third kappa shape index (κ3) is 2.80. The summed E-state index contributed by atoms with van der Waals surface area (Å²) in [5.74, 6) is -1.25. The summed E-state index contributed by atoms with van der Waals surface area (Å²) in [7, 11) is -3.96. The van der Waals surface area contributed by atoms with Gasteiger partial charge in [0, 0.05) is 18.1 Å². The van der Waals surface area contributed by atoms with Gasteiger partial charge in [-0.05, 0) is 30.7 Å². The zero-order chi connectivity index (χ0) is 15.0. The monoisotopic (exact) mass is 319 g/mol. The number of hydrogen-bond donors (Lipinski definition) is 2. The Balaban J connectivity index is 2.38. The molecule has 1 aliphatic heterocycles. The Morgan fingerprint density at radius 3 is 2.70 bits per heavy atom. The van der Waals surface area contributed by atoms with Crippen LogP contribution in [0, 0.1) is 6.92 Å². The third-order valence-corrected chi connectivity index (χ3v) is 5.12. The van der Waals surface area contributed by atoms with Crippen molar-refractivity contribution in [2.24, 2.45) is 0 Å². The molecule has 0 spiro atoms. The van der Waals surface area contributed by atoms with Crippen molar-refractivity contribution >= 4 is 27.6 Å². The Morgan fingerprint density at radius 1 is 1.50 bits per heavy atom. The molecule has 20 heavy (non-hydrogen) atoms. The van der Waals surface area contributed by atoms with Gasteiger partial charge in [-0.1, -0.05) is 11.6 Å². The van der Waals surface area contributed by atoms with Gasteiger partial charge in [0.25, 0.3) is 0 Å². The van der Waals surface area contributed by atoms with E-state index >= 15 is 0 Å². The van der Waals surface area contributed by atoms with E-state index < -0.39 is 21.5 Å². The van der Waals surface area contributed by atoms with Crippen molar-refractivity contribution in [1.29, 1.82) is 0 Å². The molecular formula is C12H14ClNO5S. The van der Waals surface area contributed by atoms with Gasteiger partial charge in [-0.25, -0.2) is 8.42 Å². The zero-order valence-electron chi connectivity index (χ0n) is 10.7. The molecule has 110 valence electrons. The van der Waals surface area contributed by atoms with Crippen LogP contribution in [0.5, 0.6) is 0 Å². The van der Waals surface area contributed by atoms with Crippen molar-refractivity contribution in [3.8, 4) is 0 Å². The van der Waals surface area contributed by atoms with E-state index in [-0.39, 0.29) is 24.5 Å². The van der Waals surface area contributed by atoms with E-state index in [1.807, 2.05) is 0 Å². The first kappa shape index (κ1) is 15.2. The minimum atomic E-state index is -3.96. The van der Waals surface area contributed by atoms with Crippen LogP contribution in [-0.2, 0) is 19.6 Å². The number of halogens is 1. The molecule has 0 unspecified atom stereocenters. The Hall–Kier alpha value is -1.15. The Labute approximate surface area is 121 Å². The summed E-state index contributed by atoms with van der Waals surface area (Å²) >= 11 is 5.79. The van der Waals surface area contributed by atoms with E-state index in [4.69, 9.17) is 16.3 Å². The largest absolute Gasteiger partial charge is 0.480 e. The lowest BCUT2D eigenvalue weighted by Gasteiger charge is -2.24. The Kier molecular flexibility index (Phi) is 4.06. The maximum Gasteiger partial charge on any atom is 0.327 e. The molecule has 6 nitrogen and oxygen atoms in total. The van der Waals surface area contributed by atoms with Gasteiger partial charge in [-0.3, -0.25) is 4.79 Å². The molecule has 1 aromatic rings. The number of sulfonamides is 1. The van der Waals surface area contributed by atoms with Crippen molar-refractivity contribution < 1.29 is 23.1 Å². The summed E-state index contributed by atoms with van der Waals surface area (Å²) in [6, 6.07) is 4.31. The highest BCUT2D eigenvalue weighted by atomic mass is 35.5. The summed E-state index contributed by atoms with van der Waals surface area (Å²) in [6.07, 6.45) is 0.0915. The Morgan fingerprint density at radius 2 is 2.20 bits per heavy atom. The number of aliphatic carboxylic acids is 1. The van der Waals surface area contributed by atoms with Gasteiger partial charge in [-0.15, -0.1) is 0 Å². The summed E-state index contributed by atoms with van der Waals surface area (Å²) in [5, 5.41) is 9.67. The maximum absolute atomic E-state index is 12.4. The van der Waals surface area contributed by atoms with E-state index in [1.54, 1.807) is 6.92 Å². The van der Waals surface area contributed by atoms with Gasteiger partial charge in [0.1, 0.15) is 0 Å². The quantitative estimate of drug-likeness (QED) is 0.869. The molecule has 0 bridgehead atoms. The second-order valence-corrected chi connectivity index (χ2v) is 6.79. The molecular weight excluding hydrogens is 306 g/mol. The topological polar surface area (TPSA) is 92.7 Å². The van der Waals surface area contributed by atoms with Crippen LogP contribution in [0.15, 0.2) is 23.1 Å². The summed E-state index contributed by atoms with van der Waals surface area (Å²) in [5.41, 5.74) is -1.16. The van der Waals surface area contributed by atoms with Gasteiger partial charge < -0.3 is 9.84 Å². The number of hydrogen-bond acceptors (Lipinski definition) is 4. The van der Waals surface area contributed by atoms with Gasteiger partial charge in [-0.2, -0.15) is 4.72 Å². The number of ether oxygens (including phenoxy) is 1. The van der Waals surface area contributed by atoms with E-state index in [0.29, 0.717) is 10.6 Å². The van der Waals surface area contributed by atoms with Crippen molar-refractivity contribution in [2.45, 2.75) is 23.8 Å². The lowest BCUT2D eigenvalue weighted by Crippen LogP contribution is -2.55. The predicted octanol–water partition coefficient (Wildman–Crippen LogP) is 1.17. The number of carboxylic acids is 1. The molecule has 1 fully saturated rings. The SMILES string of the molecule is Cc1cc(Cl)ccc1S(=O)(=O)N[C@@]1(C(=O)O)CCOC1. The van der Waals surface area contributed by atoms with Gasteiger partial charge in [0.2, 0.25) is 10.0 Å². The van der Waals surface area contributed by atoms with Gasteiger partial charge in [0.15, 0.2) is 5.54 Å². The molecule has 8 heteroatoms. The van der Waals surface area contributed by atoms with E-state index in [9.17, 15) is 18.3 Å². The average molecular weight is 320 g/mol. The molecule has 0 aliphatic carbocycles. The first-order valence-corrected chi connectivity index (χ1v) is 7.74. The third-order valence-electron chi connectivity index (χ3n) is 3.19. The summed E-state index contributed by atoms with van der Waals surface area (Å²) in [6.45, 7) is 1.61. The van der Waals surface area contributed by atoms with Crippen molar-refractivity contribution in [3.05, 3.63) is 28.8 Å². The first-order valence-electron chi connectivity index (χ1n) is 5.88. The molecule has 1 aliphatic rings. The molecule has 1 aromatic carbocycles. The zero-order valence-corrected chi connectivity index (χ0v) is 12.3. The second-order valence-electron chi connectivity index (χ2n) is 4.71. The molecule has 2 N–H and O–H groups in total. The summed E-state index contributed by atoms with van der Waals surface area (Å²) < 4.78 is 32.0. The fraction of sp³-hybridized carbons (Fsp3) is 0.417. The fourth-order valence-electron chi connectivity index (χ4n) is 2.08. The molecule has 1 heterocycles. The number of benzene rings is 1. The number of carbonyl (C=O) groups is 1. The maximum atomic E-state index is 12.4. The molecule has 0 radical (unpaired) electrons. The fourth-order valence-corrected chi connectivity index (χ4v) is 3.91. The van der Waals surface area contributed by atoms with E-state index in [2.05, 4.69) is 4.72 Å². The van der Waals surface area contributed by atoms with Crippen LogP contribution >= 0.6 is 11.6 Å². The normalized spacial score (nSPS) is 22.9. The molecule has 2 rings (SSSR count). The molecule has 0 saturated carbocycles. The number of nitrogens with one attached hydrogen (secondary N) is 1. The van der Waals surface area contributed by atoms with Crippen LogP contribution in [-0.4, -0.2) is 38.2 Å². The van der Waals surface area contributed by atoms with Crippen LogP contribution < -0.4 is 4.72 Å². The van der Waals surface area contributed by atoms with Crippen LogP contribution in [0.2, 0.25) is 5.02 Å². The minimum absolute atomic E-state index is 0.00873. The highest BCUT2D eigenvalue weighted by Gasteiger charge is 2.46. The second kappa shape index (κ2) is 5.33. The smallest absolute Gasteiger partial charge is 0.327 e.